The fourth-order valence-electron chi connectivity index (χ4n) is 0.895. The number of aryl methyl sites for hydroxylation is 1. The van der Waals surface area contributed by atoms with E-state index in [1.807, 2.05) is 0 Å². The lowest BCUT2D eigenvalue weighted by Crippen LogP contribution is -1.97. The van der Waals surface area contributed by atoms with Gasteiger partial charge in [-0.15, -0.1) is 16.4 Å². The number of nitrogen functional groups attached to an aromatic ring is 2. The van der Waals surface area contributed by atoms with Crippen molar-refractivity contribution in [2.75, 3.05) is 11.5 Å². The molecule has 0 aliphatic rings. The topological polar surface area (TPSA) is 95.6 Å². The van der Waals surface area contributed by atoms with Crippen molar-refractivity contribution in [2.24, 2.45) is 7.05 Å². The van der Waals surface area contributed by atoms with Crippen LogP contribution in [0.25, 0.3) is 11.5 Å². The molecule has 2 heterocycles. The van der Waals surface area contributed by atoms with Gasteiger partial charge in [0.25, 0.3) is 0 Å². The Kier molecular flexibility index (Phi) is 1.66. The fraction of sp³-hybridized carbons (Fsp3) is 0.167. The molecule has 0 fully saturated rings. The second-order valence-electron chi connectivity index (χ2n) is 2.49. The van der Waals surface area contributed by atoms with Crippen molar-refractivity contribution >= 4 is 22.4 Å². The van der Waals surface area contributed by atoms with Gasteiger partial charge in [-0.25, -0.2) is 9.67 Å². The monoisotopic (exact) mass is 196 g/mol. The summed E-state index contributed by atoms with van der Waals surface area (Å²) in [6.45, 7) is 0. The van der Waals surface area contributed by atoms with E-state index in [1.54, 1.807) is 12.4 Å². The molecule has 0 saturated heterocycles. The Morgan fingerprint density at radius 3 is 2.62 bits per heavy atom. The van der Waals surface area contributed by atoms with Crippen LogP contribution in [0.1, 0.15) is 0 Å². The number of hydrogen-bond acceptors (Lipinski definition) is 6. The van der Waals surface area contributed by atoms with Crippen LogP contribution in [-0.2, 0) is 7.05 Å². The summed E-state index contributed by atoms with van der Waals surface area (Å²) in [5.41, 5.74) is 11.7. The smallest absolute Gasteiger partial charge is 0.218 e. The largest absolute Gasteiger partial charge is 0.375 e. The van der Waals surface area contributed by atoms with Crippen molar-refractivity contribution in [2.45, 2.75) is 0 Å². The number of thiazole rings is 1. The van der Waals surface area contributed by atoms with Gasteiger partial charge in [-0.3, -0.25) is 0 Å². The van der Waals surface area contributed by atoms with Crippen molar-refractivity contribution in [1.29, 1.82) is 0 Å². The molecule has 68 valence electrons. The van der Waals surface area contributed by atoms with E-state index in [9.17, 15) is 0 Å². The third-order valence-electron chi connectivity index (χ3n) is 1.55. The van der Waals surface area contributed by atoms with Crippen molar-refractivity contribution < 1.29 is 0 Å². The maximum Gasteiger partial charge on any atom is 0.218 e. The van der Waals surface area contributed by atoms with Crippen molar-refractivity contribution in [3.8, 4) is 11.5 Å². The first-order chi connectivity index (χ1) is 6.16. The highest BCUT2D eigenvalue weighted by Crippen LogP contribution is 2.20. The van der Waals surface area contributed by atoms with Gasteiger partial charge in [-0.05, 0) is 0 Å². The molecule has 0 spiro atoms. The second kappa shape index (κ2) is 2.70. The van der Waals surface area contributed by atoms with E-state index < -0.39 is 0 Å². The quantitative estimate of drug-likeness (QED) is 0.674. The van der Waals surface area contributed by atoms with E-state index >= 15 is 0 Å². The maximum absolute atomic E-state index is 5.52. The highest BCUT2D eigenvalue weighted by molar-refractivity contribution is 7.13. The Morgan fingerprint density at radius 2 is 2.15 bits per heavy atom. The number of anilines is 2. The van der Waals surface area contributed by atoms with Gasteiger partial charge in [0.1, 0.15) is 5.69 Å². The van der Waals surface area contributed by atoms with E-state index in [2.05, 4.69) is 15.1 Å². The SMILES string of the molecule is Cn1nc(-c2csc(N)n2)nc1N. The van der Waals surface area contributed by atoms with Gasteiger partial charge in [0.05, 0.1) is 0 Å². The van der Waals surface area contributed by atoms with Gasteiger partial charge < -0.3 is 11.5 Å². The molecular formula is C6H8N6S. The van der Waals surface area contributed by atoms with E-state index in [0.29, 0.717) is 22.6 Å². The van der Waals surface area contributed by atoms with Gasteiger partial charge in [0.2, 0.25) is 11.8 Å². The molecule has 7 heteroatoms. The van der Waals surface area contributed by atoms with Crippen LogP contribution in [0, 0.1) is 0 Å². The molecule has 0 amide bonds. The number of rotatable bonds is 1. The summed E-state index contributed by atoms with van der Waals surface area (Å²) < 4.78 is 1.49. The first-order valence-corrected chi connectivity index (χ1v) is 4.42. The fourth-order valence-corrected chi connectivity index (χ4v) is 1.44. The molecule has 0 bridgehead atoms. The van der Waals surface area contributed by atoms with Crippen LogP contribution in [-0.4, -0.2) is 19.7 Å². The van der Waals surface area contributed by atoms with Crippen LogP contribution in [0.4, 0.5) is 11.1 Å². The first kappa shape index (κ1) is 7.99. The van der Waals surface area contributed by atoms with Crippen molar-refractivity contribution in [3.63, 3.8) is 0 Å². The molecule has 0 unspecified atom stereocenters. The average Bonchev–Trinajstić information content (AvgIpc) is 2.61. The van der Waals surface area contributed by atoms with Crippen molar-refractivity contribution in [1.82, 2.24) is 19.7 Å². The average molecular weight is 196 g/mol. The summed E-state index contributed by atoms with van der Waals surface area (Å²) in [5, 5.41) is 6.36. The molecule has 0 aliphatic carbocycles. The number of hydrogen-bond donors (Lipinski definition) is 2. The van der Waals surface area contributed by atoms with Crippen molar-refractivity contribution in [3.05, 3.63) is 5.38 Å². The van der Waals surface area contributed by atoms with E-state index in [0.717, 1.165) is 0 Å². The summed E-state index contributed by atoms with van der Waals surface area (Å²) in [6, 6.07) is 0. The highest BCUT2D eigenvalue weighted by atomic mass is 32.1. The van der Waals surface area contributed by atoms with E-state index in [1.165, 1.54) is 16.0 Å². The highest BCUT2D eigenvalue weighted by Gasteiger charge is 2.09. The van der Waals surface area contributed by atoms with Crippen LogP contribution in [0.5, 0.6) is 0 Å². The van der Waals surface area contributed by atoms with Crippen LogP contribution >= 0.6 is 11.3 Å². The molecule has 4 N–H and O–H groups in total. The molecule has 2 rings (SSSR count). The summed E-state index contributed by atoms with van der Waals surface area (Å²) in [5.74, 6) is 0.870. The molecule has 2 aromatic rings. The molecule has 2 aromatic heterocycles. The zero-order chi connectivity index (χ0) is 9.42. The Bertz CT molecular complexity index is 411. The summed E-state index contributed by atoms with van der Waals surface area (Å²) in [7, 11) is 1.72. The molecule has 13 heavy (non-hydrogen) atoms. The molecule has 0 saturated carbocycles. The summed E-state index contributed by atoms with van der Waals surface area (Å²) >= 11 is 1.35. The van der Waals surface area contributed by atoms with Crippen LogP contribution in [0.3, 0.4) is 0 Å². The Hall–Kier alpha value is -1.63. The number of nitrogens with two attached hydrogens (primary N) is 2. The van der Waals surface area contributed by atoms with Gasteiger partial charge in [0.15, 0.2) is 5.13 Å². The molecule has 0 radical (unpaired) electrons. The van der Waals surface area contributed by atoms with Crippen LogP contribution in [0.2, 0.25) is 0 Å². The van der Waals surface area contributed by atoms with E-state index in [-0.39, 0.29) is 0 Å². The second-order valence-corrected chi connectivity index (χ2v) is 3.38. The predicted octanol–water partition coefficient (Wildman–Crippen LogP) is 0.103. The van der Waals surface area contributed by atoms with Gasteiger partial charge in [-0.1, -0.05) is 0 Å². The first-order valence-electron chi connectivity index (χ1n) is 3.54. The molecule has 0 aromatic carbocycles. The Balaban J connectivity index is 2.46. The van der Waals surface area contributed by atoms with Gasteiger partial charge in [0, 0.05) is 12.4 Å². The molecule has 0 atom stereocenters. The number of aromatic nitrogens is 4. The third-order valence-corrected chi connectivity index (χ3v) is 2.22. The zero-order valence-corrected chi connectivity index (χ0v) is 7.75. The van der Waals surface area contributed by atoms with Crippen LogP contribution in [0.15, 0.2) is 5.38 Å². The minimum atomic E-state index is 0.363. The minimum Gasteiger partial charge on any atom is -0.375 e. The minimum absolute atomic E-state index is 0.363. The molecular weight excluding hydrogens is 188 g/mol. The number of nitrogens with zero attached hydrogens (tertiary/aromatic N) is 4. The third kappa shape index (κ3) is 1.33. The zero-order valence-electron chi connectivity index (χ0n) is 6.93. The lowest BCUT2D eigenvalue weighted by molar-refractivity contribution is 0.780. The standard InChI is InChI=1S/C6H8N6S/c1-12-5(7)10-4(11-12)3-2-13-6(8)9-3/h2H,1H3,(H2,8,9)(H2,7,10,11). The Labute approximate surface area is 78.2 Å². The lowest BCUT2D eigenvalue weighted by atomic mass is 10.5. The molecule has 6 nitrogen and oxygen atoms in total. The molecule has 0 aliphatic heterocycles. The van der Waals surface area contributed by atoms with Crippen LogP contribution < -0.4 is 11.5 Å². The normalized spacial score (nSPS) is 10.5. The lowest BCUT2D eigenvalue weighted by Gasteiger charge is -1.85. The summed E-state index contributed by atoms with van der Waals surface area (Å²) in [6.07, 6.45) is 0. The summed E-state index contributed by atoms with van der Waals surface area (Å²) in [4.78, 5) is 8.05. The predicted molar refractivity (Wildman–Crippen MR) is 50.9 cm³/mol. The van der Waals surface area contributed by atoms with E-state index in [4.69, 9.17) is 11.5 Å². The Morgan fingerprint density at radius 1 is 1.38 bits per heavy atom. The maximum atomic E-state index is 5.52. The van der Waals surface area contributed by atoms with Gasteiger partial charge in [-0.2, -0.15) is 4.98 Å². The van der Waals surface area contributed by atoms with Gasteiger partial charge >= 0.3 is 0 Å².